The molecule has 0 unspecified atom stereocenters. The molecule has 0 bridgehead atoms. The Morgan fingerprint density at radius 3 is 2.54 bits per heavy atom. The lowest BCUT2D eigenvalue weighted by atomic mass is 9.93. The molecule has 3 heterocycles. The topological polar surface area (TPSA) is 58.0 Å². The van der Waals surface area contributed by atoms with Crippen molar-refractivity contribution in [3.05, 3.63) is 35.5 Å². The van der Waals surface area contributed by atoms with Gasteiger partial charge in [-0.05, 0) is 45.1 Å². The Kier molecular flexibility index (Phi) is 4.92. The van der Waals surface area contributed by atoms with E-state index in [4.69, 9.17) is 0 Å². The molecule has 3 rings (SSSR count). The molecule has 1 fully saturated rings. The maximum absolute atomic E-state index is 4.62. The molecule has 2 aromatic heterocycles. The molecule has 1 atom stereocenters. The van der Waals surface area contributed by atoms with Crippen LogP contribution in [0.15, 0.2) is 18.5 Å². The third-order valence-electron chi connectivity index (χ3n) is 4.43. The predicted molar refractivity (Wildman–Crippen MR) is 96.5 cm³/mol. The molecule has 24 heavy (non-hydrogen) atoms. The van der Waals surface area contributed by atoms with Gasteiger partial charge >= 0.3 is 0 Å². The van der Waals surface area contributed by atoms with Crippen LogP contribution in [0.25, 0.3) is 0 Å². The van der Waals surface area contributed by atoms with E-state index in [9.17, 15) is 0 Å². The van der Waals surface area contributed by atoms with Crippen LogP contribution in [0.2, 0.25) is 0 Å². The molecular formula is C18H26N6. The van der Waals surface area contributed by atoms with E-state index < -0.39 is 0 Å². The smallest absolute Gasteiger partial charge is 0.225 e. The monoisotopic (exact) mass is 326 g/mol. The van der Waals surface area contributed by atoms with Gasteiger partial charge in [0.05, 0.1) is 5.69 Å². The lowest BCUT2D eigenvalue weighted by molar-refractivity contribution is 0.405. The minimum absolute atomic E-state index is 0.554. The summed E-state index contributed by atoms with van der Waals surface area (Å²) in [5, 5.41) is 0. The average Bonchev–Trinajstić information content (AvgIpc) is 2.54. The summed E-state index contributed by atoms with van der Waals surface area (Å²) in [7, 11) is 4.04. The first-order valence-corrected chi connectivity index (χ1v) is 8.57. The van der Waals surface area contributed by atoms with Crippen molar-refractivity contribution in [2.75, 3.05) is 37.0 Å². The largest absolute Gasteiger partial charge is 0.361 e. The molecule has 1 aliphatic rings. The van der Waals surface area contributed by atoms with Crippen LogP contribution in [0.5, 0.6) is 0 Å². The molecule has 0 N–H and O–H groups in total. The molecule has 1 saturated heterocycles. The van der Waals surface area contributed by atoms with E-state index in [-0.39, 0.29) is 0 Å². The van der Waals surface area contributed by atoms with Crippen molar-refractivity contribution in [1.29, 1.82) is 0 Å². The van der Waals surface area contributed by atoms with E-state index in [0.717, 1.165) is 48.4 Å². The zero-order valence-corrected chi connectivity index (χ0v) is 15.0. The number of aryl methyl sites for hydroxylation is 2. The van der Waals surface area contributed by atoms with Crippen molar-refractivity contribution in [2.24, 2.45) is 5.92 Å². The summed E-state index contributed by atoms with van der Waals surface area (Å²) in [6.45, 7) is 6.07. The third kappa shape index (κ3) is 3.80. The van der Waals surface area contributed by atoms with Crippen molar-refractivity contribution in [3.8, 4) is 0 Å². The highest BCUT2D eigenvalue weighted by Gasteiger charge is 2.24. The first-order chi connectivity index (χ1) is 11.5. The maximum atomic E-state index is 4.62. The van der Waals surface area contributed by atoms with Crippen LogP contribution in [0.1, 0.15) is 29.9 Å². The van der Waals surface area contributed by atoms with Crippen LogP contribution in [0, 0.1) is 19.8 Å². The maximum Gasteiger partial charge on any atom is 0.225 e. The van der Waals surface area contributed by atoms with Gasteiger partial charge in [0.1, 0.15) is 5.82 Å². The fourth-order valence-corrected chi connectivity index (χ4v) is 3.41. The van der Waals surface area contributed by atoms with Crippen molar-refractivity contribution >= 4 is 11.8 Å². The Balaban J connectivity index is 1.74. The summed E-state index contributed by atoms with van der Waals surface area (Å²) in [5.41, 5.74) is 3.14. The zero-order chi connectivity index (χ0) is 17.1. The van der Waals surface area contributed by atoms with Gasteiger partial charge in [0.25, 0.3) is 0 Å². The predicted octanol–water partition coefficient (Wildman–Crippen LogP) is 2.41. The van der Waals surface area contributed by atoms with E-state index in [1.54, 1.807) is 12.4 Å². The van der Waals surface area contributed by atoms with Gasteiger partial charge in [0.2, 0.25) is 5.95 Å². The Morgan fingerprint density at radius 2 is 1.83 bits per heavy atom. The van der Waals surface area contributed by atoms with Crippen molar-refractivity contribution < 1.29 is 0 Å². The number of piperidine rings is 1. The van der Waals surface area contributed by atoms with Gasteiger partial charge in [0, 0.05) is 51.0 Å². The van der Waals surface area contributed by atoms with Crippen molar-refractivity contribution in [3.63, 3.8) is 0 Å². The Hall–Kier alpha value is -2.24. The second kappa shape index (κ2) is 7.11. The third-order valence-corrected chi connectivity index (χ3v) is 4.43. The van der Waals surface area contributed by atoms with Gasteiger partial charge in [-0.3, -0.25) is 4.98 Å². The van der Waals surface area contributed by atoms with Crippen LogP contribution in [0.4, 0.5) is 11.8 Å². The summed E-state index contributed by atoms with van der Waals surface area (Å²) in [6.07, 6.45) is 6.87. The standard InChI is InChI=1S/C18H26N6/c1-13-10-14(2)22-18(21-13)24-9-5-6-15(12-24)11-16-17(23(3)4)20-8-7-19-16/h7-8,10,15H,5-6,9,11-12H2,1-4H3/t15-/m0/s1. The molecule has 0 spiro atoms. The Morgan fingerprint density at radius 1 is 1.12 bits per heavy atom. The summed E-state index contributed by atoms with van der Waals surface area (Å²) in [4.78, 5) is 22.6. The number of aromatic nitrogens is 4. The lowest BCUT2D eigenvalue weighted by Gasteiger charge is -2.33. The van der Waals surface area contributed by atoms with E-state index in [1.165, 1.54) is 12.8 Å². The van der Waals surface area contributed by atoms with E-state index in [1.807, 2.05) is 38.9 Å². The van der Waals surface area contributed by atoms with Gasteiger partial charge in [-0.15, -0.1) is 0 Å². The second-order valence-corrected chi connectivity index (χ2v) is 6.83. The second-order valence-electron chi connectivity index (χ2n) is 6.83. The number of rotatable bonds is 4. The highest BCUT2D eigenvalue weighted by atomic mass is 15.3. The summed E-state index contributed by atoms with van der Waals surface area (Å²) >= 11 is 0. The molecule has 128 valence electrons. The molecule has 2 aromatic rings. The van der Waals surface area contributed by atoms with Crippen LogP contribution >= 0.6 is 0 Å². The SMILES string of the molecule is Cc1cc(C)nc(N2CCC[C@@H](Cc3nccnc3N(C)C)C2)n1. The first kappa shape index (κ1) is 16.6. The van der Waals surface area contributed by atoms with Gasteiger partial charge in [-0.1, -0.05) is 0 Å². The summed E-state index contributed by atoms with van der Waals surface area (Å²) in [5.74, 6) is 2.39. The van der Waals surface area contributed by atoms with Gasteiger partial charge < -0.3 is 9.80 Å². The lowest BCUT2D eigenvalue weighted by Crippen LogP contribution is -2.37. The number of hydrogen-bond donors (Lipinski definition) is 0. The average molecular weight is 326 g/mol. The van der Waals surface area contributed by atoms with Gasteiger partial charge in [0.15, 0.2) is 0 Å². The molecule has 0 radical (unpaired) electrons. The number of nitrogens with zero attached hydrogens (tertiary/aromatic N) is 6. The summed E-state index contributed by atoms with van der Waals surface area (Å²) in [6, 6.07) is 2.02. The highest BCUT2D eigenvalue weighted by Crippen LogP contribution is 2.25. The number of anilines is 2. The molecule has 0 amide bonds. The fourth-order valence-electron chi connectivity index (χ4n) is 3.41. The van der Waals surface area contributed by atoms with E-state index >= 15 is 0 Å². The van der Waals surface area contributed by atoms with E-state index in [0.29, 0.717) is 5.92 Å². The fraction of sp³-hybridized carbons (Fsp3) is 0.556. The molecule has 1 aliphatic heterocycles. The zero-order valence-electron chi connectivity index (χ0n) is 15.0. The molecule has 0 aliphatic carbocycles. The molecule has 6 heteroatoms. The molecule has 0 aromatic carbocycles. The molecule has 0 saturated carbocycles. The summed E-state index contributed by atoms with van der Waals surface area (Å²) < 4.78 is 0. The molecule has 6 nitrogen and oxygen atoms in total. The van der Waals surface area contributed by atoms with Crippen molar-refractivity contribution in [1.82, 2.24) is 19.9 Å². The first-order valence-electron chi connectivity index (χ1n) is 8.57. The Labute approximate surface area is 144 Å². The normalized spacial score (nSPS) is 17.8. The van der Waals surface area contributed by atoms with Crippen LogP contribution < -0.4 is 9.80 Å². The van der Waals surface area contributed by atoms with Crippen LogP contribution in [0.3, 0.4) is 0 Å². The number of hydrogen-bond acceptors (Lipinski definition) is 6. The minimum atomic E-state index is 0.554. The van der Waals surface area contributed by atoms with Crippen LogP contribution in [-0.4, -0.2) is 47.1 Å². The van der Waals surface area contributed by atoms with Crippen molar-refractivity contribution in [2.45, 2.75) is 33.1 Å². The van der Waals surface area contributed by atoms with E-state index in [2.05, 4.69) is 24.8 Å². The Bertz CT molecular complexity index is 679. The highest BCUT2D eigenvalue weighted by molar-refractivity contribution is 5.41. The van der Waals surface area contributed by atoms with Gasteiger partial charge in [-0.2, -0.15) is 0 Å². The quantitative estimate of drug-likeness (QED) is 0.860. The minimum Gasteiger partial charge on any atom is -0.361 e. The molecular weight excluding hydrogens is 300 g/mol. The van der Waals surface area contributed by atoms with Crippen LogP contribution in [-0.2, 0) is 6.42 Å². The van der Waals surface area contributed by atoms with Gasteiger partial charge in [-0.25, -0.2) is 15.0 Å².